The lowest BCUT2D eigenvalue weighted by Gasteiger charge is -2.10. The first-order valence-corrected chi connectivity index (χ1v) is 6.38. The van der Waals surface area contributed by atoms with E-state index < -0.39 is 0 Å². The van der Waals surface area contributed by atoms with E-state index in [0.717, 1.165) is 24.6 Å². The Kier molecular flexibility index (Phi) is 12.8. The third-order valence-corrected chi connectivity index (χ3v) is 3.08. The molecule has 100 valence electrons. The number of halogens is 2. The van der Waals surface area contributed by atoms with Gasteiger partial charge in [0.1, 0.15) is 0 Å². The fraction of sp³-hybridized carbons (Fsp3) is 0.500. The van der Waals surface area contributed by atoms with Crippen LogP contribution in [0.1, 0.15) is 11.1 Å². The first-order chi connectivity index (χ1) is 7.22. The number of hydrogen-bond donors (Lipinski definition) is 1. The van der Waals surface area contributed by atoms with Crippen LogP contribution in [0.4, 0.5) is 0 Å². The minimum Gasteiger partial charge on any atom is -0.330 e. The number of benzene rings is 1. The Labute approximate surface area is 121 Å². The van der Waals surface area contributed by atoms with Crippen molar-refractivity contribution in [3.8, 4) is 0 Å². The number of thioether (sulfide) groups is 1. The Morgan fingerprint density at radius 2 is 1.82 bits per heavy atom. The van der Waals surface area contributed by atoms with Gasteiger partial charge in [-0.15, -0.1) is 24.8 Å². The molecule has 0 aliphatic rings. The Morgan fingerprint density at radius 3 is 2.41 bits per heavy atom. The predicted molar refractivity (Wildman–Crippen MR) is 83.5 cm³/mol. The molecule has 0 amide bonds. The maximum absolute atomic E-state index is 5.46. The quantitative estimate of drug-likeness (QED) is 0.819. The summed E-state index contributed by atoms with van der Waals surface area (Å²) in [6.07, 6.45) is 0. The van der Waals surface area contributed by atoms with Crippen LogP contribution in [0.5, 0.6) is 0 Å². The van der Waals surface area contributed by atoms with Gasteiger partial charge in [0.25, 0.3) is 0 Å². The van der Waals surface area contributed by atoms with Gasteiger partial charge in [-0.25, -0.2) is 0 Å². The van der Waals surface area contributed by atoms with E-state index in [1.807, 2.05) is 11.8 Å². The van der Waals surface area contributed by atoms with E-state index in [9.17, 15) is 0 Å². The highest BCUT2D eigenvalue weighted by Gasteiger charge is 1.97. The predicted octanol–water partition coefficient (Wildman–Crippen LogP) is 2.78. The second-order valence-corrected chi connectivity index (χ2v) is 5.00. The summed E-state index contributed by atoms with van der Waals surface area (Å²) in [7, 11) is 4.19. The minimum absolute atomic E-state index is 0. The molecular formula is C12H22Cl2N2S. The molecule has 0 bridgehead atoms. The minimum atomic E-state index is 0. The van der Waals surface area contributed by atoms with E-state index >= 15 is 0 Å². The van der Waals surface area contributed by atoms with Crippen molar-refractivity contribution in [1.29, 1.82) is 0 Å². The summed E-state index contributed by atoms with van der Waals surface area (Å²) in [5.74, 6) is 2.11. The average Bonchev–Trinajstić information content (AvgIpc) is 2.18. The topological polar surface area (TPSA) is 29.3 Å². The number of nitrogens with two attached hydrogens (primary N) is 1. The fourth-order valence-electron chi connectivity index (χ4n) is 1.46. The molecule has 1 aromatic rings. The fourth-order valence-corrected chi connectivity index (χ4v) is 2.18. The maximum atomic E-state index is 5.46. The summed E-state index contributed by atoms with van der Waals surface area (Å²) < 4.78 is 0. The Hall–Kier alpha value is 0.0700. The molecule has 0 atom stereocenters. The van der Waals surface area contributed by atoms with E-state index in [1.54, 1.807) is 0 Å². The zero-order chi connectivity index (χ0) is 11.1. The molecule has 0 aliphatic carbocycles. The molecule has 0 unspecified atom stereocenters. The highest BCUT2D eigenvalue weighted by molar-refractivity contribution is 7.98. The summed E-state index contributed by atoms with van der Waals surface area (Å²) in [6.45, 7) is 1.78. The van der Waals surface area contributed by atoms with Crippen molar-refractivity contribution >= 4 is 36.6 Å². The molecule has 0 saturated heterocycles. The van der Waals surface area contributed by atoms with Gasteiger partial charge in [0.2, 0.25) is 0 Å². The van der Waals surface area contributed by atoms with E-state index in [-0.39, 0.29) is 24.8 Å². The molecule has 0 aliphatic heterocycles. The monoisotopic (exact) mass is 296 g/mol. The van der Waals surface area contributed by atoms with Gasteiger partial charge in [0, 0.05) is 24.6 Å². The van der Waals surface area contributed by atoms with Gasteiger partial charge in [-0.3, -0.25) is 0 Å². The van der Waals surface area contributed by atoms with E-state index in [0.29, 0.717) is 0 Å². The molecule has 2 N–H and O–H groups in total. The van der Waals surface area contributed by atoms with Gasteiger partial charge in [0.15, 0.2) is 0 Å². The smallest absolute Gasteiger partial charge is 0.0227 e. The Bertz CT molecular complexity index is 296. The molecule has 0 heterocycles. The van der Waals surface area contributed by atoms with Crippen LogP contribution >= 0.6 is 36.6 Å². The molecule has 1 rings (SSSR count). The van der Waals surface area contributed by atoms with Gasteiger partial charge in [-0.05, 0) is 25.2 Å². The summed E-state index contributed by atoms with van der Waals surface area (Å²) >= 11 is 1.90. The third kappa shape index (κ3) is 8.75. The molecule has 0 fully saturated rings. The Balaban J connectivity index is 0. The number of rotatable bonds is 6. The van der Waals surface area contributed by atoms with Gasteiger partial charge in [0.05, 0.1) is 0 Å². The van der Waals surface area contributed by atoms with Crippen LogP contribution in [0, 0.1) is 0 Å². The van der Waals surface area contributed by atoms with E-state index in [2.05, 4.69) is 43.3 Å². The van der Waals surface area contributed by atoms with Crippen LogP contribution in [-0.4, -0.2) is 31.3 Å². The lowest BCUT2D eigenvalue weighted by atomic mass is 10.1. The first-order valence-electron chi connectivity index (χ1n) is 5.22. The normalized spacial score (nSPS) is 9.65. The van der Waals surface area contributed by atoms with Gasteiger partial charge >= 0.3 is 0 Å². The van der Waals surface area contributed by atoms with Crippen LogP contribution in [0.3, 0.4) is 0 Å². The van der Waals surface area contributed by atoms with Crippen molar-refractivity contribution in [3.63, 3.8) is 0 Å². The van der Waals surface area contributed by atoms with Gasteiger partial charge in [-0.2, -0.15) is 11.8 Å². The Morgan fingerprint density at radius 1 is 1.18 bits per heavy atom. The zero-order valence-electron chi connectivity index (χ0n) is 10.4. The van der Waals surface area contributed by atoms with E-state index in [1.165, 1.54) is 11.1 Å². The third-order valence-electron chi connectivity index (χ3n) is 2.02. The lowest BCUT2D eigenvalue weighted by Crippen LogP contribution is -2.10. The van der Waals surface area contributed by atoms with Crippen molar-refractivity contribution in [1.82, 2.24) is 4.90 Å². The molecule has 17 heavy (non-hydrogen) atoms. The molecule has 1 aromatic carbocycles. The molecule has 0 radical (unpaired) electrons. The van der Waals surface area contributed by atoms with Crippen LogP contribution in [-0.2, 0) is 12.3 Å². The van der Waals surface area contributed by atoms with Crippen LogP contribution < -0.4 is 5.73 Å². The second-order valence-electron chi connectivity index (χ2n) is 3.90. The SMILES string of the molecule is CN(C)Cc1cccc(CSCCN)c1.Cl.Cl. The summed E-state index contributed by atoms with van der Waals surface area (Å²) in [4.78, 5) is 2.19. The van der Waals surface area contributed by atoms with Gasteiger partial charge < -0.3 is 10.6 Å². The van der Waals surface area contributed by atoms with E-state index in [4.69, 9.17) is 5.73 Å². The standard InChI is InChI=1S/C12H20N2S.2ClH/c1-14(2)9-11-4-3-5-12(8-11)10-15-7-6-13;;/h3-5,8H,6-7,9-10,13H2,1-2H3;2*1H. The summed E-state index contributed by atoms with van der Waals surface area (Å²) in [6, 6.07) is 8.78. The molecular weight excluding hydrogens is 275 g/mol. The van der Waals surface area contributed by atoms with Crippen molar-refractivity contribution in [3.05, 3.63) is 35.4 Å². The van der Waals surface area contributed by atoms with Crippen molar-refractivity contribution in [2.75, 3.05) is 26.4 Å². The summed E-state index contributed by atoms with van der Waals surface area (Å²) in [5.41, 5.74) is 8.24. The van der Waals surface area contributed by atoms with Crippen molar-refractivity contribution in [2.45, 2.75) is 12.3 Å². The number of hydrogen-bond acceptors (Lipinski definition) is 3. The number of nitrogens with zero attached hydrogens (tertiary/aromatic N) is 1. The van der Waals surface area contributed by atoms with Crippen LogP contribution in [0.25, 0.3) is 0 Å². The second kappa shape index (κ2) is 11.2. The summed E-state index contributed by atoms with van der Waals surface area (Å²) in [5, 5.41) is 0. The van der Waals surface area contributed by atoms with Crippen LogP contribution in [0.2, 0.25) is 0 Å². The molecule has 2 nitrogen and oxygen atoms in total. The zero-order valence-corrected chi connectivity index (χ0v) is 12.8. The largest absolute Gasteiger partial charge is 0.330 e. The highest BCUT2D eigenvalue weighted by Crippen LogP contribution is 2.13. The maximum Gasteiger partial charge on any atom is 0.0227 e. The van der Waals surface area contributed by atoms with Crippen LogP contribution in [0.15, 0.2) is 24.3 Å². The van der Waals surface area contributed by atoms with Crippen molar-refractivity contribution in [2.24, 2.45) is 5.73 Å². The molecule has 5 heteroatoms. The molecule has 0 aromatic heterocycles. The highest BCUT2D eigenvalue weighted by atomic mass is 35.5. The lowest BCUT2D eigenvalue weighted by molar-refractivity contribution is 0.402. The molecule has 0 saturated carbocycles. The average molecular weight is 297 g/mol. The van der Waals surface area contributed by atoms with Gasteiger partial charge in [-0.1, -0.05) is 24.3 Å². The van der Waals surface area contributed by atoms with Crippen molar-refractivity contribution < 1.29 is 0 Å². The first kappa shape index (κ1) is 19.4. The molecule has 0 spiro atoms.